The number of ether oxygens (including phenoxy) is 1. The van der Waals surface area contributed by atoms with Crippen LogP contribution in [0.4, 0.5) is 0 Å². The van der Waals surface area contributed by atoms with Gasteiger partial charge < -0.3 is 9.84 Å². The summed E-state index contributed by atoms with van der Waals surface area (Å²) >= 11 is 0. The Bertz CT molecular complexity index is 1020. The minimum Gasteiger partial charge on any atom is -0.507 e. The maximum Gasteiger partial charge on any atom is 0.200 e. The molecule has 0 spiro atoms. The highest BCUT2D eigenvalue weighted by molar-refractivity contribution is 6.11. The van der Waals surface area contributed by atoms with Crippen molar-refractivity contribution < 1.29 is 19.4 Å². The van der Waals surface area contributed by atoms with Crippen LogP contribution < -0.4 is 4.74 Å². The van der Waals surface area contributed by atoms with Gasteiger partial charge in [-0.2, -0.15) is 0 Å². The van der Waals surface area contributed by atoms with Crippen LogP contribution in [0.1, 0.15) is 52.6 Å². The number of aromatic hydroxyl groups is 1. The number of phenolic OH excluding ortho intramolecular Hbond substituents is 1. The van der Waals surface area contributed by atoms with Gasteiger partial charge in [0.1, 0.15) is 11.5 Å². The highest BCUT2D eigenvalue weighted by atomic mass is 16.5. The zero-order chi connectivity index (χ0) is 21.0. The van der Waals surface area contributed by atoms with Crippen LogP contribution in [0.3, 0.4) is 0 Å². The van der Waals surface area contributed by atoms with Gasteiger partial charge in [-0.3, -0.25) is 9.59 Å². The Kier molecular flexibility index (Phi) is 5.83. The van der Waals surface area contributed by atoms with Gasteiger partial charge >= 0.3 is 0 Å². The first-order chi connectivity index (χ1) is 13.8. The lowest BCUT2D eigenvalue weighted by Gasteiger charge is -2.24. The molecule has 0 amide bonds. The van der Waals surface area contributed by atoms with Crippen LogP contribution in [0.2, 0.25) is 0 Å². The first-order valence-corrected chi connectivity index (χ1v) is 9.45. The van der Waals surface area contributed by atoms with Crippen LogP contribution in [0.5, 0.6) is 11.5 Å². The molecule has 0 fully saturated rings. The molecule has 0 radical (unpaired) electrons. The average molecular weight is 388 g/mol. The Labute approximate surface area is 170 Å². The molecule has 4 nitrogen and oxygen atoms in total. The van der Waals surface area contributed by atoms with Gasteiger partial charge in [-0.1, -0.05) is 81.4 Å². The standard InChI is InChI=1S/C25H24O4/c1-25(2,3)20-14-19(24(28)18-12-8-5-9-13-18)21(26)15-23(20)29-16-22(27)17-10-6-4-7-11-17/h4-15,26H,16H2,1-3H3. The van der Waals surface area contributed by atoms with E-state index in [-0.39, 0.29) is 34.9 Å². The summed E-state index contributed by atoms with van der Waals surface area (Å²) in [5, 5.41) is 10.5. The van der Waals surface area contributed by atoms with Crippen molar-refractivity contribution in [2.75, 3.05) is 6.61 Å². The number of rotatable bonds is 6. The number of ketones is 2. The number of phenols is 1. The second-order valence-corrected chi connectivity index (χ2v) is 7.89. The Balaban J connectivity index is 1.92. The SMILES string of the molecule is CC(C)(C)c1cc(C(=O)c2ccccc2)c(O)cc1OCC(=O)c1ccccc1. The molecule has 0 saturated heterocycles. The number of Topliss-reactive ketones (excluding diaryl/α,β-unsaturated/α-hetero) is 1. The molecule has 3 rings (SSSR count). The van der Waals surface area contributed by atoms with Crippen LogP contribution in [0.15, 0.2) is 72.8 Å². The molecule has 1 N–H and O–H groups in total. The smallest absolute Gasteiger partial charge is 0.200 e. The lowest BCUT2D eigenvalue weighted by atomic mass is 9.84. The summed E-state index contributed by atoms with van der Waals surface area (Å²) in [5.41, 5.74) is 1.66. The van der Waals surface area contributed by atoms with Crippen molar-refractivity contribution >= 4 is 11.6 Å². The predicted octanol–water partition coefficient (Wildman–Crippen LogP) is 5.18. The van der Waals surface area contributed by atoms with E-state index in [1.54, 1.807) is 54.6 Å². The van der Waals surface area contributed by atoms with E-state index < -0.39 is 0 Å². The van der Waals surface area contributed by atoms with E-state index in [9.17, 15) is 14.7 Å². The molecular weight excluding hydrogens is 364 g/mol. The molecule has 0 heterocycles. The topological polar surface area (TPSA) is 63.6 Å². The molecule has 3 aromatic rings. The molecule has 148 valence electrons. The lowest BCUT2D eigenvalue weighted by molar-refractivity contribution is 0.0918. The highest BCUT2D eigenvalue weighted by Gasteiger charge is 2.25. The minimum absolute atomic E-state index is 0.154. The van der Waals surface area contributed by atoms with Crippen LogP contribution >= 0.6 is 0 Å². The minimum atomic E-state index is -0.357. The summed E-state index contributed by atoms with van der Waals surface area (Å²) in [5.74, 6) is -0.201. The molecule has 0 unspecified atom stereocenters. The Morgan fingerprint density at radius 2 is 1.41 bits per heavy atom. The second kappa shape index (κ2) is 8.31. The van der Waals surface area contributed by atoms with E-state index in [1.165, 1.54) is 6.07 Å². The van der Waals surface area contributed by atoms with Gasteiger partial charge in [0, 0.05) is 22.8 Å². The fourth-order valence-corrected chi connectivity index (χ4v) is 3.05. The fourth-order valence-electron chi connectivity index (χ4n) is 3.05. The third-order valence-electron chi connectivity index (χ3n) is 4.64. The second-order valence-electron chi connectivity index (χ2n) is 7.89. The number of benzene rings is 3. The molecule has 0 atom stereocenters. The largest absolute Gasteiger partial charge is 0.507 e. The predicted molar refractivity (Wildman–Crippen MR) is 113 cm³/mol. The van der Waals surface area contributed by atoms with Crippen molar-refractivity contribution in [2.24, 2.45) is 0 Å². The molecule has 0 aliphatic carbocycles. The highest BCUT2D eigenvalue weighted by Crippen LogP contribution is 2.37. The number of carbonyl (C=O) groups is 2. The summed E-state index contributed by atoms with van der Waals surface area (Å²) in [4.78, 5) is 25.2. The van der Waals surface area contributed by atoms with E-state index in [1.807, 2.05) is 32.9 Å². The van der Waals surface area contributed by atoms with E-state index in [2.05, 4.69) is 0 Å². The Morgan fingerprint density at radius 3 is 1.97 bits per heavy atom. The van der Waals surface area contributed by atoms with Crippen molar-refractivity contribution in [1.29, 1.82) is 0 Å². The van der Waals surface area contributed by atoms with Gasteiger partial charge in [-0.15, -0.1) is 0 Å². The molecule has 4 heteroatoms. The zero-order valence-electron chi connectivity index (χ0n) is 16.8. The van der Waals surface area contributed by atoms with Gasteiger partial charge in [-0.25, -0.2) is 0 Å². The molecule has 29 heavy (non-hydrogen) atoms. The normalized spacial score (nSPS) is 11.1. The lowest BCUT2D eigenvalue weighted by Crippen LogP contribution is -2.18. The van der Waals surface area contributed by atoms with E-state index in [0.29, 0.717) is 16.9 Å². The van der Waals surface area contributed by atoms with Crippen LogP contribution in [-0.2, 0) is 5.41 Å². The average Bonchev–Trinajstić information content (AvgIpc) is 2.72. The number of hydrogen-bond acceptors (Lipinski definition) is 4. The maximum absolute atomic E-state index is 12.9. The van der Waals surface area contributed by atoms with Crippen molar-refractivity contribution in [3.05, 3.63) is 95.1 Å². The Morgan fingerprint density at radius 1 is 0.862 bits per heavy atom. The van der Waals surface area contributed by atoms with Crippen molar-refractivity contribution in [1.82, 2.24) is 0 Å². The molecule has 3 aromatic carbocycles. The van der Waals surface area contributed by atoms with Gasteiger partial charge in [0.2, 0.25) is 0 Å². The van der Waals surface area contributed by atoms with Gasteiger partial charge in [0.05, 0.1) is 5.56 Å². The Hall–Kier alpha value is -3.40. The monoisotopic (exact) mass is 388 g/mol. The summed E-state index contributed by atoms with van der Waals surface area (Å²) < 4.78 is 5.78. The van der Waals surface area contributed by atoms with Crippen molar-refractivity contribution in [3.63, 3.8) is 0 Å². The number of hydrogen-bond donors (Lipinski definition) is 1. The van der Waals surface area contributed by atoms with Crippen LogP contribution in [0, 0.1) is 0 Å². The molecule has 0 saturated carbocycles. The first kappa shape index (κ1) is 20.3. The fraction of sp³-hybridized carbons (Fsp3) is 0.200. The first-order valence-electron chi connectivity index (χ1n) is 9.45. The summed E-state index contributed by atoms with van der Waals surface area (Å²) in [6.45, 7) is 5.81. The number of carbonyl (C=O) groups excluding carboxylic acids is 2. The van der Waals surface area contributed by atoms with Crippen LogP contribution in [-0.4, -0.2) is 23.3 Å². The van der Waals surface area contributed by atoms with Crippen LogP contribution in [0.25, 0.3) is 0 Å². The van der Waals surface area contributed by atoms with Crippen molar-refractivity contribution in [3.8, 4) is 11.5 Å². The van der Waals surface area contributed by atoms with Gasteiger partial charge in [-0.05, 0) is 11.5 Å². The molecule has 0 bridgehead atoms. The van der Waals surface area contributed by atoms with E-state index >= 15 is 0 Å². The van der Waals surface area contributed by atoms with Gasteiger partial charge in [0.25, 0.3) is 0 Å². The summed E-state index contributed by atoms with van der Waals surface area (Å²) in [6, 6.07) is 20.8. The van der Waals surface area contributed by atoms with E-state index in [4.69, 9.17) is 4.74 Å². The maximum atomic E-state index is 12.9. The molecule has 0 aliphatic rings. The van der Waals surface area contributed by atoms with E-state index in [0.717, 1.165) is 5.56 Å². The third kappa shape index (κ3) is 4.72. The zero-order valence-corrected chi connectivity index (χ0v) is 16.8. The van der Waals surface area contributed by atoms with Gasteiger partial charge in [0.15, 0.2) is 18.2 Å². The molecule has 0 aliphatic heterocycles. The summed E-state index contributed by atoms with van der Waals surface area (Å²) in [7, 11) is 0. The quantitative estimate of drug-likeness (QED) is 0.591. The molecular formula is C25H24O4. The van der Waals surface area contributed by atoms with Crippen molar-refractivity contribution in [2.45, 2.75) is 26.2 Å². The summed E-state index contributed by atoms with van der Waals surface area (Å²) in [6.07, 6.45) is 0. The molecule has 0 aromatic heterocycles. The third-order valence-corrected chi connectivity index (χ3v) is 4.64.